The molecule has 2 heterocycles. The van der Waals surface area contributed by atoms with Crippen molar-refractivity contribution in [3.05, 3.63) is 28.9 Å². The molecule has 0 saturated heterocycles. The second kappa shape index (κ2) is 2.64. The van der Waals surface area contributed by atoms with E-state index in [0.717, 1.165) is 9.43 Å². The second-order valence-corrected chi connectivity index (χ2v) is 3.32. The lowest BCUT2D eigenvalue weighted by Gasteiger charge is -2.00. The van der Waals surface area contributed by atoms with Gasteiger partial charge in [0.05, 0.1) is 7.11 Å². The van der Waals surface area contributed by atoms with Crippen LogP contribution >= 0.6 is 11.3 Å². The Bertz CT molecular complexity index is 410. The molecular formula is C8H7NO2S. The van der Waals surface area contributed by atoms with E-state index in [2.05, 4.69) is 0 Å². The molecule has 3 nitrogen and oxygen atoms in total. The molecule has 0 aromatic carbocycles. The van der Waals surface area contributed by atoms with Crippen molar-refractivity contribution in [1.82, 2.24) is 0 Å². The predicted molar refractivity (Wildman–Crippen MR) is 47.3 cm³/mol. The summed E-state index contributed by atoms with van der Waals surface area (Å²) in [5.41, 5.74) is 0.695. The van der Waals surface area contributed by atoms with Gasteiger partial charge in [0.2, 0.25) is 11.7 Å². The topological polar surface area (TPSA) is 36.2 Å². The molecule has 2 aromatic heterocycles. The van der Waals surface area contributed by atoms with Crippen LogP contribution in [0.1, 0.15) is 0 Å². The number of fused-ring (bicyclic) bond motifs is 1. The van der Waals surface area contributed by atoms with Crippen LogP contribution < -0.4 is 9.47 Å². The molecule has 0 atom stereocenters. The minimum atomic E-state index is 0.597. The monoisotopic (exact) mass is 181 g/mol. The maximum atomic E-state index is 11.3. The summed E-state index contributed by atoms with van der Waals surface area (Å²) in [6.07, 6.45) is 1.43. The van der Waals surface area contributed by atoms with Crippen molar-refractivity contribution in [2.75, 3.05) is 7.11 Å². The van der Waals surface area contributed by atoms with Crippen molar-refractivity contribution in [2.24, 2.45) is 0 Å². The molecule has 0 bridgehead atoms. The van der Waals surface area contributed by atoms with Crippen molar-refractivity contribution in [1.29, 1.82) is 0 Å². The maximum absolute atomic E-state index is 11.3. The molecule has 0 spiro atoms. The van der Waals surface area contributed by atoms with Crippen LogP contribution in [0, 0.1) is 5.21 Å². The van der Waals surface area contributed by atoms with E-state index in [1.54, 1.807) is 13.2 Å². The molecule has 0 saturated carbocycles. The highest BCUT2D eigenvalue weighted by molar-refractivity contribution is 7.17. The van der Waals surface area contributed by atoms with Gasteiger partial charge < -0.3 is 9.94 Å². The van der Waals surface area contributed by atoms with E-state index >= 15 is 0 Å². The average molecular weight is 181 g/mol. The largest absolute Gasteiger partial charge is 0.618 e. The summed E-state index contributed by atoms with van der Waals surface area (Å²) in [7, 11) is 1.55. The van der Waals surface area contributed by atoms with Gasteiger partial charge in [0.25, 0.3) is 0 Å². The van der Waals surface area contributed by atoms with E-state index in [1.807, 2.05) is 11.4 Å². The fourth-order valence-electron chi connectivity index (χ4n) is 1.07. The molecule has 62 valence electrons. The molecule has 0 radical (unpaired) electrons. The number of hydrogen-bond donors (Lipinski definition) is 0. The van der Waals surface area contributed by atoms with Gasteiger partial charge >= 0.3 is 0 Å². The number of aromatic nitrogens is 1. The number of methoxy groups -OCH3 is 1. The lowest BCUT2D eigenvalue weighted by molar-refractivity contribution is -0.577. The van der Waals surface area contributed by atoms with Gasteiger partial charge in [0.1, 0.15) is 4.70 Å². The van der Waals surface area contributed by atoms with Gasteiger partial charge in [-0.25, -0.2) is 0 Å². The zero-order valence-electron chi connectivity index (χ0n) is 6.48. The molecule has 0 unspecified atom stereocenters. The van der Waals surface area contributed by atoms with E-state index in [-0.39, 0.29) is 0 Å². The van der Waals surface area contributed by atoms with Crippen molar-refractivity contribution in [2.45, 2.75) is 0 Å². The highest BCUT2D eigenvalue weighted by atomic mass is 32.1. The Kier molecular flexibility index (Phi) is 1.62. The molecule has 0 aliphatic carbocycles. The molecule has 2 aromatic rings. The van der Waals surface area contributed by atoms with Crippen LogP contribution in [-0.2, 0) is 0 Å². The number of nitrogens with zero attached hydrogens (tertiary/aromatic N) is 1. The molecule has 2 rings (SSSR count). The standard InChI is InChI=1S/C8H7NO2S/c1-11-6-4-8-7(2-3-12-8)9(10)5-6/h2-5H,1H3. The van der Waals surface area contributed by atoms with Gasteiger partial charge in [-0.1, -0.05) is 0 Å². The molecule has 12 heavy (non-hydrogen) atoms. The summed E-state index contributed by atoms with van der Waals surface area (Å²) < 4.78 is 6.73. The summed E-state index contributed by atoms with van der Waals surface area (Å²) in [6.45, 7) is 0. The minimum Gasteiger partial charge on any atom is -0.618 e. The molecule has 0 aliphatic heterocycles. The van der Waals surface area contributed by atoms with Crippen LogP contribution in [-0.4, -0.2) is 7.11 Å². The van der Waals surface area contributed by atoms with Crippen LogP contribution in [0.15, 0.2) is 23.7 Å². The lowest BCUT2D eigenvalue weighted by atomic mass is 10.4. The second-order valence-electron chi connectivity index (χ2n) is 2.38. The number of pyridine rings is 1. The van der Waals surface area contributed by atoms with Crippen molar-refractivity contribution in [3.63, 3.8) is 0 Å². The van der Waals surface area contributed by atoms with Crippen LogP contribution in [0.2, 0.25) is 0 Å². The molecule has 0 amide bonds. The number of thiophene rings is 1. The third kappa shape index (κ3) is 1.00. The molecule has 0 N–H and O–H groups in total. The Morgan fingerprint density at radius 1 is 1.58 bits per heavy atom. The molecule has 4 heteroatoms. The van der Waals surface area contributed by atoms with Crippen LogP contribution in [0.4, 0.5) is 0 Å². The average Bonchev–Trinajstić information content (AvgIpc) is 2.52. The van der Waals surface area contributed by atoms with Crippen LogP contribution in [0.5, 0.6) is 5.75 Å². The number of hydrogen-bond acceptors (Lipinski definition) is 3. The Morgan fingerprint density at radius 3 is 3.17 bits per heavy atom. The Labute approximate surface area is 73.4 Å². The fourth-order valence-corrected chi connectivity index (χ4v) is 1.87. The summed E-state index contributed by atoms with van der Waals surface area (Å²) in [4.78, 5) is 0. The summed E-state index contributed by atoms with van der Waals surface area (Å²) in [6, 6.07) is 3.65. The van der Waals surface area contributed by atoms with Crippen molar-refractivity contribution >= 4 is 21.6 Å². The van der Waals surface area contributed by atoms with E-state index in [9.17, 15) is 5.21 Å². The van der Waals surface area contributed by atoms with Gasteiger partial charge in [0, 0.05) is 12.1 Å². The molecule has 0 aliphatic rings. The molecule has 0 fully saturated rings. The zero-order chi connectivity index (χ0) is 8.55. The molecular weight excluding hydrogens is 174 g/mol. The summed E-state index contributed by atoms with van der Waals surface area (Å²) in [5.74, 6) is 0.597. The highest BCUT2D eigenvalue weighted by Gasteiger charge is 2.07. The Morgan fingerprint density at radius 2 is 2.42 bits per heavy atom. The van der Waals surface area contributed by atoms with Crippen molar-refractivity contribution in [3.8, 4) is 5.75 Å². The normalized spacial score (nSPS) is 10.4. The first-order valence-corrected chi connectivity index (χ1v) is 4.33. The lowest BCUT2D eigenvalue weighted by Crippen LogP contribution is -2.25. The first-order valence-electron chi connectivity index (χ1n) is 3.45. The first kappa shape index (κ1) is 7.36. The number of ether oxygens (including phenoxy) is 1. The Balaban J connectivity index is 2.75. The Hall–Kier alpha value is -1.29. The minimum absolute atomic E-state index is 0.597. The summed E-state index contributed by atoms with van der Waals surface area (Å²) >= 11 is 1.53. The van der Waals surface area contributed by atoms with Gasteiger partial charge in [-0.05, 0) is 5.38 Å². The third-order valence-corrected chi connectivity index (χ3v) is 2.52. The predicted octanol–water partition coefficient (Wildman–Crippen LogP) is 1.54. The quantitative estimate of drug-likeness (QED) is 0.494. The van der Waals surface area contributed by atoms with Gasteiger partial charge in [-0.2, -0.15) is 4.73 Å². The van der Waals surface area contributed by atoms with Crippen LogP contribution in [0.3, 0.4) is 0 Å². The zero-order valence-corrected chi connectivity index (χ0v) is 7.30. The first-order chi connectivity index (χ1) is 5.81. The smallest absolute Gasteiger partial charge is 0.234 e. The third-order valence-electron chi connectivity index (χ3n) is 1.66. The number of rotatable bonds is 1. The van der Waals surface area contributed by atoms with Gasteiger partial charge in [-0.15, -0.1) is 11.3 Å². The maximum Gasteiger partial charge on any atom is 0.234 e. The van der Waals surface area contributed by atoms with Gasteiger partial charge in [-0.3, -0.25) is 0 Å². The van der Waals surface area contributed by atoms with E-state index in [0.29, 0.717) is 11.3 Å². The van der Waals surface area contributed by atoms with E-state index in [4.69, 9.17) is 4.74 Å². The SMILES string of the molecule is COc1cc2sccc2[n+]([O-])c1. The van der Waals surface area contributed by atoms with Gasteiger partial charge in [0.15, 0.2) is 5.75 Å². The van der Waals surface area contributed by atoms with E-state index < -0.39 is 0 Å². The fraction of sp³-hybridized carbons (Fsp3) is 0.125. The highest BCUT2D eigenvalue weighted by Crippen LogP contribution is 2.21. The van der Waals surface area contributed by atoms with Crippen molar-refractivity contribution < 1.29 is 9.47 Å². The van der Waals surface area contributed by atoms with Crippen LogP contribution in [0.25, 0.3) is 10.2 Å². The summed E-state index contributed by atoms with van der Waals surface area (Å²) in [5, 5.41) is 13.2. The van der Waals surface area contributed by atoms with E-state index in [1.165, 1.54) is 17.5 Å².